The number of piperidine rings is 1. The summed E-state index contributed by atoms with van der Waals surface area (Å²) in [5.74, 6) is 0.490. The van der Waals surface area contributed by atoms with Crippen molar-refractivity contribution in [1.29, 1.82) is 0 Å². The molecule has 25 heavy (non-hydrogen) atoms. The number of carbonyl (C=O) groups excluding carboxylic acids is 1. The molecule has 2 aromatic heterocycles. The molecule has 1 fully saturated rings. The van der Waals surface area contributed by atoms with Gasteiger partial charge < -0.3 is 15.4 Å². The van der Waals surface area contributed by atoms with Crippen molar-refractivity contribution in [3.8, 4) is 11.3 Å². The van der Waals surface area contributed by atoms with E-state index in [9.17, 15) is 4.79 Å². The van der Waals surface area contributed by atoms with Crippen LogP contribution in [0.3, 0.4) is 0 Å². The quantitative estimate of drug-likeness (QED) is 0.776. The number of thiazole rings is 1. The van der Waals surface area contributed by atoms with E-state index < -0.39 is 11.7 Å². The number of nitrogens with zero attached hydrogens (tertiary/aromatic N) is 2. The van der Waals surface area contributed by atoms with Gasteiger partial charge in [-0.3, -0.25) is 5.10 Å². The highest BCUT2D eigenvalue weighted by Gasteiger charge is 2.22. The Balaban J connectivity index is 1.64. The molecule has 2 aromatic rings. The first kappa shape index (κ1) is 17.9. The van der Waals surface area contributed by atoms with Crippen molar-refractivity contribution in [2.24, 2.45) is 0 Å². The Kier molecular flexibility index (Phi) is 5.39. The lowest BCUT2D eigenvalue weighted by Gasteiger charge is -2.22. The Bertz CT molecular complexity index is 713. The van der Waals surface area contributed by atoms with Crippen molar-refractivity contribution in [3.63, 3.8) is 0 Å². The maximum atomic E-state index is 11.8. The number of carbonyl (C=O) groups is 1. The van der Waals surface area contributed by atoms with E-state index >= 15 is 0 Å². The molecule has 7 nitrogen and oxygen atoms in total. The van der Waals surface area contributed by atoms with Crippen LogP contribution >= 0.6 is 11.3 Å². The van der Waals surface area contributed by atoms with Crippen LogP contribution in [-0.2, 0) is 11.3 Å². The minimum atomic E-state index is -0.501. The molecule has 136 valence electrons. The molecule has 0 unspecified atom stereocenters. The Morgan fingerprint density at radius 2 is 2.16 bits per heavy atom. The van der Waals surface area contributed by atoms with Crippen LogP contribution in [0.15, 0.2) is 11.6 Å². The zero-order valence-corrected chi connectivity index (χ0v) is 15.7. The van der Waals surface area contributed by atoms with E-state index in [2.05, 4.69) is 25.8 Å². The number of H-pyrrole nitrogens is 1. The molecule has 3 rings (SSSR count). The van der Waals surface area contributed by atoms with Gasteiger partial charge in [-0.2, -0.15) is 5.10 Å². The van der Waals surface area contributed by atoms with Crippen LogP contribution < -0.4 is 10.6 Å². The zero-order chi connectivity index (χ0) is 17.9. The summed E-state index contributed by atoms with van der Waals surface area (Å²) in [6.45, 7) is 7.95. The monoisotopic (exact) mass is 363 g/mol. The SMILES string of the molecule is CC(C)(C)OC(=O)NCc1nc(-c2cn[nH]c2C2CCNCC2)cs1. The lowest BCUT2D eigenvalue weighted by Crippen LogP contribution is -2.32. The first-order chi connectivity index (χ1) is 11.9. The Hall–Kier alpha value is -1.93. The van der Waals surface area contributed by atoms with Crippen molar-refractivity contribution in [3.05, 3.63) is 22.3 Å². The van der Waals surface area contributed by atoms with Crippen LogP contribution in [-0.4, -0.2) is 40.0 Å². The van der Waals surface area contributed by atoms with Crippen molar-refractivity contribution < 1.29 is 9.53 Å². The molecule has 1 amide bonds. The topological polar surface area (TPSA) is 91.9 Å². The number of aromatic nitrogens is 3. The molecule has 3 heterocycles. The summed E-state index contributed by atoms with van der Waals surface area (Å²) in [7, 11) is 0. The van der Waals surface area contributed by atoms with E-state index in [1.807, 2.05) is 32.3 Å². The van der Waals surface area contributed by atoms with Gasteiger partial charge in [0.2, 0.25) is 0 Å². The van der Waals surface area contributed by atoms with Crippen molar-refractivity contribution >= 4 is 17.4 Å². The van der Waals surface area contributed by atoms with Gasteiger partial charge in [-0.05, 0) is 46.7 Å². The average molecular weight is 363 g/mol. The van der Waals surface area contributed by atoms with E-state index in [-0.39, 0.29) is 0 Å². The standard InChI is InChI=1S/C17H25N5O2S/c1-17(2,3)24-16(23)19-9-14-21-13(10-25-14)12-8-20-22-15(12)11-4-6-18-7-5-11/h8,10-11,18H,4-7,9H2,1-3H3,(H,19,23)(H,20,22). The second-order valence-corrected chi connectivity index (χ2v) is 8.15. The van der Waals surface area contributed by atoms with E-state index in [1.165, 1.54) is 17.0 Å². The summed E-state index contributed by atoms with van der Waals surface area (Å²) >= 11 is 1.53. The predicted molar refractivity (Wildman–Crippen MR) is 97.6 cm³/mol. The number of alkyl carbamates (subject to hydrolysis) is 1. The lowest BCUT2D eigenvalue weighted by atomic mass is 9.92. The van der Waals surface area contributed by atoms with Gasteiger partial charge in [0.1, 0.15) is 10.6 Å². The fourth-order valence-electron chi connectivity index (χ4n) is 2.90. The van der Waals surface area contributed by atoms with Crippen LogP contribution in [0.4, 0.5) is 4.79 Å². The molecule has 0 bridgehead atoms. The minimum Gasteiger partial charge on any atom is -0.444 e. The molecule has 0 spiro atoms. The number of hydrogen-bond donors (Lipinski definition) is 3. The summed E-state index contributed by atoms with van der Waals surface area (Å²) < 4.78 is 5.24. The summed E-state index contributed by atoms with van der Waals surface area (Å²) in [4.78, 5) is 16.4. The first-order valence-corrected chi connectivity index (χ1v) is 9.46. The Morgan fingerprint density at radius 1 is 1.40 bits per heavy atom. The van der Waals surface area contributed by atoms with E-state index in [4.69, 9.17) is 4.74 Å². The van der Waals surface area contributed by atoms with Crippen LogP contribution in [0.5, 0.6) is 0 Å². The highest BCUT2D eigenvalue weighted by Crippen LogP contribution is 2.32. The number of ether oxygens (including phenoxy) is 1. The molecule has 1 aliphatic heterocycles. The van der Waals surface area contributed by atoms with Gasteiger partial charge in [0.05, 0.1) is 18.4 Å². The largest absolute Gasteiger partial charge is 0.444 e. The number of amides is 1. The second kappa shape index (κ2) is 7.53. The van der Waals surface area contributed by atoms with Gasteiger partial charge >= 0.3 is 6.09 Å². The predicted octanol–water partition coefficient (Wildman–Crippen LogP) is 3.02. The second-order valence-electron chi connectivity index (χ2n) is 7.20. The highest BCUT2D eigenvalue weighted by atomic mass is 32.1. The molecule has 0 saturated carbocycles. The van der Waals surface area contributed by atoms with Crippen LogP contribution in [0.25, 0.3) is 11.3 Å². The lowest BCUT2D eigenvalue weighted by molar-refractivity contribution is 0.0523. The van der Waals surface area contributed by atoms with Gasteiger partial charge in [0, 0.05) is 22.6 Å². The molecular formula is C17H25N5O2S. The van der Waals surface area contributed by atoms with E-state index in [1.54, 1.807) is 0 Å². The summed E-state index contributed by atoms with van der Waals surface area (Å²) in [5, 5.41) is 16.4. The van der Waals surface area contributed by atoms with Gasteiger partial charge in [-0.15, -0.1) is 11.3 Å². The maximum Gasteiger partial charge on any atom is 0.408 e. The normalized spacial score (nSPS) is 16.0. The average Bonchev–Trinajstić information content (AvgIpc) is 3.21. The fourth-order valence-corrected chi connectivity index (χ4v) is 3.63. The van der Waals surface area contributed by atoms with Gasteiger partial charge in [-0.1, -0.05) is 0 Å². The van der Waals surface area contributed by atoms with E-state index in [0.717, 1.165) is 42.2 Å². The molecule has 0 radical (unpaired) electrons. The van der Waals surface area contributed by atoms with Gasteiger partial charge in [0.15, 0.2) is 0 Å². The van der Waals surface area contributed by atoms with Crippen molar-refractivity contribution in [2.45, 2.75) is 51.7 Å². The number of rotatable bonds is 4. The summed E-state index contributed by atoms with van der Waals surface area (Å²) in [6, 6.07) is 0. The summed E-state index contributed by atoms with van der Waals surface area (Å²) in [6.07, 6.45) is 3.62. The van der Waals surface area contributed by atoms with Crippen molar-refractivity contribution in [2.75, 3.05) is 13.1 Å². The Morgan fingerprint density at radius 3 is 2.88 bits per heavy atom. The van der Waals surface area contributed by atoms with Gasteiger partial charge in [0.25, 0.3) is 0 Å². The van der Waals surface area contributed by atoms with Crippen LogP contribution in [0.1, 0.15) is 50.2 Å². The number of aromatic amines is 1. The fraction of sp³-hybridized carbons (Fsp3) is 0.588. The molecule has 0 atom stereocenters. The van der Waals surface area contributed by atoms with Crippen LogP contribution in [0.2, 0.25) is 0 Å². The maximum absolute atomic E-state index is 11.8. The zero-order valence-electron chi connectivity index (χ0n) is 14.9. The minimum absolute atomic E-state index is 0.361. The third kappa shape index (κ3) is 4.79. The number of nitrogens with one attached hydrogen (secondary N) is 3. The van der Waals surface area contributed by atoms with Gasteiger partial charge in [-0.25, -0.2) is 9.78 Å². The molecular weight excluding hydrogens is 338 g/mol. The van der Waals surface area contributed by atoms with Crippen molar-refractivity contribution in [1.82, 2.24) is 25.8 Å². The third-order valence-corrected chi connectivity index (χ3v) is 4.88. The molecule has 1 saturated heterocycles. The highest BCUT2D eigenvalue weighted by molar-refractivity contribution is 7.09. The first-order valence-electron chi connectivity index (χ1n) is 8.58. The smallest absolute Gasteiger partial charge is 0.408 e. The number of hydrogen-bond acceptors (Lipinski definition) is 6. The Labute approximate surface area is 151 Å². The molecule has 3 N–H and O–H groups in total. The van der Waals surface area contributed by atoms with E-state index in [0.29, 0.717) is 12.5 Å². The summed E-state index contributed by atoms with van der Waals surface area (Å²) in [5.41, 5.74) is 2.64. The molecule has 1 aliphatic rings. The third-order valence-electron chi connectivity index (χ3n) is 4.03. The molecule has 8 heteroatoms. The molecule has 0 aromatic carbocycles. The molecule has 0 aliphatic carbocycles. The van der Waals surface area contributed by atoms with Crippen LogP contribution in [0, 0.1) is 0 Å².